The highest BCUT2D eigenvalue weighted by atomic mass is 79.9. The van der Waals surface area contributed by atoms with Gasteiger partial charge in [0.15, 0.2) is 0 Å². The number of ether oxygens (including phenoxy) is 1. The van der Waals surface area contributed by atoms with Crippen molar-refractivity contribution in [3.63, 3.8) is 0 Å². The molecule has 0 bridgehead atoms. The Kier molecular flexibility index (Phi) is 5.35. The van der Waals surface area contributed by atoms with E-state index in [4.69, 9.17) is 4.74 Å². The Hall–Kier alpha value is -1.10. The lowest BCUT2D eigenvalue weighted by Crippen LogP contribution is -2.36. The number of amides is 1. The third-order valence-corrected chi connectivity index (χ3v) is 3.18. The average molecular weight is 332 g/mol. The van der Waals surface area contributed by atoms with Gasteiger partial charge in [0.05, 0.1) is 6.54 Å². The van der Waals surface area contributed by atoms with Crippen molar-refractivity contribution in [2.45, 2.75) is 39.8 Å². The quantitative estimate of drug-likeness (QED) is 0.824. The van der Waals surface area contributed by atoms with E-state index in [0.29, 0.717) is 18.7 Å². The second-order valence-electron chi connectivity index (χ2n) is 5.23. The predicted molar refractivity (Wildman–Crippen MR) is 76.4 cm³/mol. The second kappa shape index (κ2) is 6.37. The summed E-state index contributed by atoms with van der Waals surface area (Å²) in [5.74, 6) is -0.321. The smallest absolute Gasteiger partial charge is 0.410 e. The Balaban J connectivity index is 2.82. The minimum atomic E-state index is -0.538. The van der Waals surface area contributed by atoms with Crippen LogP contribution in [0, 0.1) is 5.82 Å². The van der Waals surface area contributed by atoms with Crippen LogP contribution in [0.3, 0.4) is 0 Å². The van der Waals surface area contributed by atoms with Gasteiger partial charge in [-0.15, -0.1) is 0 Å². The first-order valence-corrected chi connectivity index (χ1v) is 6.94. The van der Waals surface area contributed by atoms with Gasteiger partial charge in [-0.05, 0) is 51.5 Å². The maximum atomic E-state index is 13.2. The molecule has 0 aliphatic heterocycles. The van der Waals surface area contributed by atoms with E-state index in [-0.39, 0.29) is 5.82 Å². The molecule has 1 aromatic carbocycles. The predicted octanol–water partition coefficient (Wildman–Crippen LogP) is 4.35. The maximum absolute atomic E-state index is 13.2. The van der Waals surface area contributed by atoms with Crippen LogP contribution in [0.25, 0.3) is 0 Å². The zero-order valence-corrected chi connectivity index (χ0v) is 13.3. The highest BCUT2D eigenvalue weighted by Crippen LogP contribution is 2.20. The van der Waals surface area contributed by atoms with E-state index in [1.54, 1.807) is 6.07 Å². The molecule has 0 radical (unpaired) electrons. The fourth-order valence-corrected chi connectivity index (χ4v) is 1.87. The molecule has 0 aliphatic rings. The van der Waals surface area contributed by atoms with E-state index < -0.39 is 11.7 Å². The summed E-state index contributed by atoms with van der Waals surface area (Å²) in [6.45, 7) is 8.11. The normalized spacial score (nSPS) is 11.3. The standard InChI is InChI=1S/C14H19BrFNO2/c1-5-17(13(18)19-14(2,3)4)9-10-8-11(16)6-7-12(10)15/h6-8H,5,9H2,1-4H3. The van der Waals surface area contributed by atoms with Gasteiger partial charge >= 0.3 is 6.09 Å². The maximum Gasteiger partial charge on any atom is 0.410 e. The van der Waals surface area contributed by atoms with Gasteiger partial charge in [-0.1, -0.05) is 15.9 Å². The Morgan fingerprint density at radius 2 is 2.05 bits per heavy atom. The summed E-state index contributed by atoms with van der Waals surface area (Å²) < 4.78 is 19.3. The first kappa shape index (κ1) is 16.0. The van der Waals surface area contributed by atoms with Crippen molar-refractivity contribution >= 4 is 22.0 Å². The van der Waals surface area contributed by atoms with Crippen molar-refractivity contribution in [3.8, 4) is 0 Å². The van der Waals surface area contributed by atoms with E-state index in [1.807, 2.05) is 27.7 Å². The molecular weight excluding hydrogens is 313 g/mol. The topological polar surface area (TPSA) is 29.5 Å². The molecule has 5 heteroatoms. The minimum Gasteiger partial charge on any atom is -0.444 e. The van der Waals surface area contributed by atoms with Crippen LogP contribution in [0.5, 0.6) is 0 Å². The molecule has 0 atom stereocenters. The van der Waals surface area contributed by atoms with Crippen molar-refractivity contribution in [3.05, 3.63) is 34.1 Å². The summed E-state index contributed by atoms with van der Waals surface area (Å²) in [6.07, 6.45) is -0.397. The number of nitrogens with zero attached hydrogens (tertiary/aromatic N) is 1. The number of carbonyl (C=O) groups excluding carboxylic acids is 1. The van der Waals surface area contributed by atoms with Gasteiger partial charge < -0.3 is 9.64 Å². The Bertz CT molecular complexity index is 457. The fourth-order valence-electron chi connectivity index (χ4n) is 1.50. The Labute approximate surface area is 121 Å². The average Bonchev–Trinajstić information content (AvgIpc) is 2.27. The molecular formula is C14H19BrFNO2. The van der Waals surface area contributed by atoms with Crippen molar-refractivity contribution in [2.75, 3.05) is 6.54 Å². The van der Waals surface area contributed by atoms with E-state index in [1.165, 1.54) is 17.0 Å². The highest BCUT2D eigenvalue weighted by Gasteiger charge is 2.21. The number of halogens is 2. The van der Waals surface area contributed by atoms with Gasteiger partial charge in [0.1, 0.15) is 11.4 Å². The molecule has 0 N–H and O–H groups in total. The number of hydrogen-bond acceptors (Lipinski definition) is 2. The summed E-state index contributed by atoms with van der Waals surface area (Å²) in [6, 6.07) is 4.42. The van der Waals surface area contributed by atoms with Crippen LogP contribution in [-0.4, -0.2) is 23.1 Å². The largest absolute Gasteiger partial charge is 0.444 e. The number of benzene rings is 1. The van der Waals surface area contributed by atoms with Crippen molar-refractivity contribution < 1.29 is 13.9 Å². The summed E-state index contributed by atoms with van der Waals surface area (Å²) in [5, 5.41) is 0. The molecule has 0 heterocycles. The van der Waals surface area contributed by atoms with Crippen LogP contribution in [0.2, 0.25) is 0 Å². The lowest BCUT2D eigenvalue weighted by molar-refractivity contribution is 0.0244. The number of hydrogen-bond donors (Lipinski definition) is 0. The third-order valence-electron chi connectivity index (χ3n) is 2.40. The molecule has 1 aromatic rings. The summed E-state index contributed by atoms with van der Waals surface area (Å²) >= 11 is 3.35. The van der Waals surface area contributed by atoms with Crippen LogP contribution in [0.1, 0.15) is 33.3 Å². The minimum absolute atomic E-state index is 0.309. The third kappa shape index (κ3) is 5.19. The van der Waals surface area contributed by atoms with Crippen molar-refractivity contribution in [2.24, 2.45) is 0 Å². The van der Waals surface area contributed by atoms with Crippen molar-refractivity contribution in [1.82, 2.24) is 4.90 Å². The lowest BCUT2D eigenvalue weighted by atomic mass is 10.2. The van der Waals surface area contributed by atoms with E-state index in [0.717, 1.165) is 4.47 Å². The SMILES string of the molecule is CCN(Cc1cc(F)ccc1Br)C(=O)OC(C)(C)C. The molecule has 0 saturated carbocycles. The molecule has 0 aliphatic carbocycles. The monoisotopic (exact) mass is 331 g/mol. The van der Waals surface area contributed by atoms with Gasteiger partial charge in [0, 0.05) is 11.0 Å². The van der Waals surface area contributed by atoms with Crippen LogP contribution in [-0.2, 0) is 11.3 Å². The van der Waals surface area contributed by atoms with Gasteiger partial charge in [0.25, 0.3) is 0 Å². The van der Waals surface area contributed by atoms with Crippen molar-refractivity contribution in [1.29, 1.82) is 0 Å². The molecule has 0 fully saturated rings. The summed E-state index contributed by atoms with van der Waals surface area (Å²) in [7, 11) is 0. The molecule has 19 heavy (non-hydrogen) atoms. The molecule has 1 amide bonds. The Morgan fingerprint density at radius 3 is 2.58 bits per heavy atom. The van der Waals surface area contributed by atoms with Gasteiger partial charge in [-0.25, -0.2) is 9.18 Å². The fraction of sp³-hybridized carbons (Fsp3) is 0.500. The van der Waals surface area contributed by atoms with Gasteiger partial charge in [-0.2, -0.15) is 0 Å². The summed E-state index contributed by atoms with van der Waals surface area (Å²) in [4.78, 5) is 13.5. The summed E-state index contributed by atoms with van der Waals surface area (Å²) in [5.41, 5.74) is 0.177. The van der Waals surface area contributed by atoms with Crippen LogP contribution in [0.15, 0.2) is 22.7 Å². The first-order chi connectivity index (χ1) is 8.73. The Morgan fingerprint density at radius 1 is 1.42 bits per heavy atom. The second-order valence-corrected chi connectivity index (χ2v) is 6.08. The van der Waals surface area contributed by atoms with Gasteiger partial charge in [-0.3, -0.25) is 0 Å². The lowest BCUT2D eigenvalue weighted by Gasteiger charge is -2.26. The molecule has 106 valence electrons. The highest BCUT2D eigenvalue weighted by molar-refractivity contribution is 9.10. The molecule has 0 saturated heterocycles. The van der Waals surface area contributed by atoms with Gasteiger partial charge in [0.2, 0.25) is 0 Å². The first-order valence-electron chi connectivity index (χ1n) is 6.15. The molecule has 3 nitrogen and oxygen atoms in total. The molecule has 0 aromatic heterocycles. The van der Waals surface area contributed by atoms with E-state index >= 15 is 0 Å². The zero-order chi connectivity index (χ0) is 14.6. The number of carbonyl (C=O) groups is 1. The number of rotatable bonds is 3. The zero-order valence-electron chi connectivity index (χ0n) is 11.7. The molecule has 0 unspecified atom stereocenters. The van der Waals surface area contributed by atoms with Crippen LogP contribution in [0.4, 0.5) is 9.18 Å². The molecule has 0 spiro atoms. The molecule has 1 rings (SSSR count). The van der Waals surface area contributed by atoms with E-state index in [9.17, 15) is 9.18 Å². The van der Waals surface area contributed by atoms with Crippen LogP contribution < -0.4 is 0 Å². The van der Waals surface area contributed by atoms with E-state index in [2.05, 4.69) is 15.9 Å². The van der Waals surface area contributed by atoms with Crippen LogP contribution >= 0.6 is 15.9 Å².